The average Bonchev–Trinajstić information content (AvgIpc) is 2.86. The lowest BCUT2D eigenvalue weighted by molar-refractivity contribution is -0.125. The molecule has 2 aromatic rings. The van der Waals surface area contributed by atoms with Gasteiger partial charge in [-0.25, -0.2) is 4.98 Å². The monoisotopic (exact) mass is 244 g/mol. The van der Waals surface area contributed by atoms with Gasteiger partial charge in [0, 0.05) is 7.05 Å². The summed E-state index contributed by atoms with van der Waals surface area (Å²) in [7, 11) is 1.56. The van der Waals surface area contributed by atoms with Crippen molar-refractivity contribution in [3.05, 3.63) is 24.3 Å². The third-order valence-corrected chi connectivity index (χ3v) is 3.10. The second-order valence-electron chi connectivity index (χ2n) is 4.18. The van der Waals surface area contributed by atoms with Crippen LogP contribution in [0.15, 0.2) is 24.3 Å². The molecule has 18 heavy (non-hydrogen) atoms. The third kappa shape index (κ3) is 1.46. The number of anilines is 1. The molecule has 0 bridgehead atoms. The summed E-state index contributed by atoms with van der Waals surface area (Å²) in [5.74, 6) is 0.155. The van der Waals surface area contributed by atoms with Gasteiger partial charge in [-0.3, -0.25) is 19.5 Å². The molecule has 3 rings (SSSR count). The molecular weight excluding hydrogens is 232 g/mol. The first-order chi connectivity index (χ1) is 8.70. The minimum atomic E-state index is -0.521. The highest BCUT2D eigenvalue weighted by atomic mass is 16.2. The molecule has 0 saturated heterocycles. The quantitative estimate of drug-likeness (QED) is 0.815. The van der Waals surface area contributed by atoms with E-state index in [9.17, 15) is 9.59 Å². The average molecular weight is 244 g/mol. The second-order valence-corrected chi connectivity index (χ2v) is 4.18. The van der Waals surface area contributed by atoms with Crippen molar-refractivity contribution in [2.75, 3.05) is 12.4 Å². The molecule has 0 unspecified atom stereocenters. The van der Waals surface area contributed by atoms with Gasteiger partial charge in [-0.15, -0.1) is 0 Å². The number of imidazole rings is 1. The number of hydrogen-bond donors (Lipinski definition) is 2. The molecule has 0 saturated carbocycles. The third-order valence-electron chi connectivity index (χ3n) is 3.10. The van der Waals surface area contributed by atoms with Crippen LogP contribution in [0.3, 0.4) is 0 Å². The van der Waals surface area contributed by atoms with Crippen LogP contribution in [0.25, 0.3) is 11.0 Å². The Balaban J connectivity index is 2.09. The van der Waals surface area contributed by atoms with Crippen molar-refractivity contribution in [2.24, 2.45) is 0 Å². The summed E-state index contributed by atoms with van der Waals surface area (Å²) in [5.41, 5.74) is 1.68. The summed E-state index contributed by atoms with van der Waals surface area (Å²) >= 11 is 0. The number of carbonyl (C=O) groups is 2. The number of benzene rings is 1. The van der Waals surface area contributed by atoms with Gasteiger partial charge in [0.05, 0.1) is 17.5 Å². The van der Waals surface area contributed by atoms with Gasteiger partial charge in [0.25, 0.3) is 0 Å². The Morgan fingerprint density at radius 3 is 3.06 bits per heavy atom. The fourth-order valence-corrected chi connectivity index (χ4v) is 2.22. The summed E-state index contributed by atoms with van der Waals surface area (Å²) in [6.07, 6.45) is 0.121. The van der Waals surface area contributed by atoms with Crippen molar-refractivity contribution in [1.29, 1.82) is 0 Å². The molecule has 1 aromatic heterocycles. The number of nitrogens with zero attached hydrogens (tertiary/aromatic N) is 2. The summed E-state index contributed by atoms with van der Waals surface area (Å²) in [5, 5.41) is 5.23. The molecule has 1 aliphatic rings. The smallest absolute Gasteiger partial charge is 0.250 e. The lowest BCUT2D eigenvalue weighted by Crippen LogP contribution is -2.25. The highest BCUT2D eigenvalue weighted by Gasteiger charge is 2.34. The molecule has 2 heterocycles. The predicted octanol–water partition coefficient (Wildman–Crippen LogP) is 0.666. The Hall–Kier alpha value is -2.37. The normalized spacial score (nSPS) is 17.6. The number of para-hydroxylation sites is 2. The summed E-state index contributed by atoms with van der Waals surface area (Å²) in [6.45, 7) is 0. The van der Waals surface area contributed by atoms with E-state index >= 15 is 0 Å². The van der Waals surface area contributed by atoms with Crippen molar-refractivity contribution in [3.8, 4) is 0 Å². The van der Waals surface area contributed by atoms with E-state index in [-0.39, 0.29) is 18.2 Å². The lowest BCUT2D eigenvalue weighted by Gasteiger charge is -2.10. The van der Waals surface area contributed by atoms with Crippen molar-refractivity contribution >= 4 is 28.8 Å². The molecule has 0 spiro atoms. The van der Waals surface area contributed by atoms with E-state index in [0.717, 1.165) is 11.0 Å². The van der Waals surface area contributed by atoms with Crippen LogP contribution in [0.2, 0.25) is 0 Å². The van der Waals surface area contributed by atoms with Crippen LogP contribution >= 0.6 is 0 Å². The number of nitrogens with one attached hydrogen (secondary N) is 2. The standard InChI is InChI=1S/C12H12N4O2/c1-13-10(17)6-9-11(18)15-12-14-7-4-2-3-5-8(7)16(9)12/h2-5,9H,6H2,1H3,(H,13,17)(H,14,15,18)/t9-/m0/s1. The Kier molecular flexibility index (Phi) is 2.29. The fraction of sp³-hybridized carbons (Fsp3) is 0.250. The minimum absolute atomic E-state index is 0.121. The van der Waals surface area contributed by atoms with E-state index in [4.69, 9.17) is 0 Å². The maximum absolute atomic E-state index is 11.8. The van der Waals surface area contributed by atoms with Crippen molar-refractivity contribution < 1.29 is 9.59 Å². The lowest BCUT2D eigenvalue weighted by atomic mass is 10.2. The molecular formula is C12H12N4O2. The molecule has 1 atom stereocenters. The molecule has 92 valence electrons. The zero-order valence-corrected chi connectivity index (χ0v) is 9.80. The van der Waals surface area contributed by atoms with Crippen LogP contribution in [0.1, 0.15) is 12.5 Å². The number of hydrogen-bond acceptors (Lipinski definition) is 3. The number of rotatable bonds is 2. The highest BCUT2D eigenvalue weighted by Crippen LogP contribution is 2.31. The maximum Gasteiger partial charge on any atom is 0.250 e. The van der Waals surface area contributed by atoms with Crippen LogP contribution in [0.5, 0.6) is 0 Å². The van der Waals surface area contributed by atoms with Gasteiger partial charge in [-0.2, -0.15) is 0 Å². The Bertz CT molecular complexity index is 647. The zero-order chi connectivity index (χ0) is 12.7. The first-order valence-corrected chi connectivity index (χ1v) is 5.69. The number of carbonyl (C=O) groups excluding carboxylic acids is 2. The Morgan fingerprint density at radius 2 is 2.28 bits per heavy atom. The molecule has 2 N–H and O–H groups in total. The molecule has 2 amide bonds. The number of aromatic nitrogens is 2. The second kappa shape index (κ2) is 3.83. The Labute approximate surface area is 103 Å². The van der Waals surface area contributed by atoms with Crippen LogP contribution < -0.4 is 10.6 Å². The van der Waals surface area contributed by atoms with Crippen molar-refractivity contribution in [1.82, 2.24) is 14.9 Å². The van der Waals surface area contributed by atoms with E-state index in [1.807, 2.05) is 24.3 Å². The van der Waals surface area contributed by atoms with E-state index < -0.39 is 6.04 Å². The minimum Gasteiger partial charge on any atom is -0.359 e. The van der Waals surface area contributed by atoms with E-state index in [1.54, 1.807) is 11.6 Å². The first kappa shape index (κ1) is 10.8. The fourth-order valence-electron chi connectivity index (χ4n) is 2.22. The van der Waals surface area contributed by atoms with Crippen LogP contribution in [0.4, 0.5) is 5.95 Å². The SMILES string of the molecule is CNC(=O)C[C@H]1C(=O)Nc2nc3ccccc3n21. The highest BCUT2D eigenvalue weighted by molar-refractivity contribution is 6.01. The Morgan fingerprint density at radius 1 is 1.50 bits per heavy atom. The van der Waals surface area contributed by atoms with Gasteiger partial charge < -0.3 is 5.32 Å². The van der Waals surface area contributed by atoms with E-state index in [0.29, 0.717) is 5.95 Å². The topological polar surface area (TPSA) is 76.0 Å². The molecule has 6 nitrogen and oxygen atoms in total. The largest absolute Gasteiger partial charge is 0.359 e. The van der Waals surface area contributed by atoms with Crippen molar-refractivity contribution in [2.45, 2.75) is 12.5 Å². The van der Waals surface area contributed by atoms with Crippen molar-refractivity contribution in [3.63, 3.8) is 0 Å². The number of amides is 2. The zero-order valence-electron chi connectivity index (χ0n) is 9.80. The van der Waals surface area contributed by atoms with Gasteiger partial charge in [0.2, 0.25) is 17.8 Å². The van der Waals surface area contributed by atoms with Gasteiger partial charge in [0.15, 0.2) is 0 Å². The summed E-state index contributed by atoms with van der Waals surface area (Å²) in [6, 6.07) is 7.03. The van der Waals surface area contributed by atoms with E-state index in [2.05, 4.69) is 15.6 Å². The predicted molar refractivity (Wildman–Crippen MR) is 66.1 cm³/mol. The summed E-state index contributed by atoms with van der Waals surface area (Å²) < 4.78 is 1.78. The molecule has 1 aliphatic heterocycles. The molecule has 1 aromatic carbocycles. The van der Waals surface area contributed by atoms with Gasteiger partial charge in [0.1, 0.15) is 6.04 Å². The van der Waals surface area contributed by atoms with E-state index in [1.165, 1.54) is 0 Å². The van der Waals surface area contributed by atoms with Gasteiger partial charge in [-0.05, 0) is 12.1 Å². The van der Waals surface area contributed by atoms with Gasteiger partial charge in [-0.1, -0.05) is 12.1 Å². The molecule has 0 radical (unpaired) electrons. The first-order valence-electron chi connectivity index (χ1n) is 5.69. The molecule has 0 aliphatic carbocycles. The summed E-state index contributed by atoms with van der Waals surface area (Å²) in [4.78, 5) is 27.6. The van der Waals surface area contributed by atoms with Crippen LogP contribution in [-0.4, -0.2) is 28.4 Å². The molecule has 0 fully saturated rings. The number of fused-ring (bicyclic) bond motifs is 3. The maximum atomic E-state index is 11.8. The van der Waals surface area contributed by atoms with Crippen LogP contribution in [-0.2, 0) is 9.59 Å². The van der Waals surface area contributed by atoms with Crippen LogP contribution in [0, 0.1) is 0 Å². The molecule has 6 heteroatoms. The van der Waals surface area contributed by atoms with Gasteiger partial charge >= 0.3 is 0 Å².